The van der Waals surface area contributed by atoms with Crippen LogP contribution in [0.25, 0.3) is 0 Å². The summed E-state index contributed by atoms with van der Waals surface area (Å²) in [5.41, 5.74) is 1.39. The highest BCUT2D eigenvalue weighted by molar-refractivity contribution is 14.0. The summed E-state index contributed by atoms with van der Waals surface area (Å²) in [7, 11) is 0. The zero-order valence-corrected chi connectivity index (χ0v) is 20.2. The lowest BCUT2D eigenvalue weighted by Gasteiger charge is -2.33. The summed E-state index contributed by atoms with van der Waals surface area (Å²) in [6, 6.07) is 11.2. The highest BCUT2D eigenvalue weighted by Gasteiger charge is 2.20. The molecule has 0 aliphatic carbocycles. The van der Waals surface area contributed by atoms with Crippen LogP contribution in [0.15, 0.2) is 35.3 Å². The summed E-state index contributed by atoms with van der Waals surface area (Å²) in [4.78, 5) is 7.34. The molecular formula is C22H34IN7. The van der Waals surface area contributed by atoms with Gasteiger partial charge in [0, 0.05) is 45.2 Å². The molecule has 0 spiro atoms. The van der Waals surface area contributed by atoms with Gasteiger partial charge in [-0.2, -0.15) is 0 Å². The molecule has 0 saturated carbocycles. The Morgan fingerprint density at radius 3 is 2.67 bits per heavy atom. The van der Waals surface area contributed by atoms with E-state index in [0.29, 0.717) is 12.6 Å². The van der Waals surface area contributed by atoms with E-state index < -0.39 is 0 Å². The zero-order chi connectivity index (χ0) is 19.9. The molecule has 4 rings (SSSR count). The second-order valence-corrected chi connectivity index (χ2v) is 8.02. The third-order valence-electron chi connectivity index (χ3n) is 5.84. The summed E-state index contributed by atoms with van der Waals surface area (Å²) < 4.78 is 2.25. The second kappa shape index (κ2) is 11.6. The molecule has 0 radical (unpaired) electrons. The Bertz CT molecular complexity index is 797. The molecule has 0 bridgehead atoms. The van der Waals surface area contributed by atoms with E-state index in [1.807, 2.05) is 0 Å². The number of aryl methyl sites for hydroxylation is 1. The van der Waals surface area contributed by atoms with Crippen molar-refractivity contribution in [1.29, 1.82) is 0 Å². The minimum absolute atomic E-state index is 0. The van der Waals surface area contributed by atoms with Gasteiger partial charge < -0.3 is 15.2 Å². The smallest absolute Gasteiger partial charge is 0.191 e. The van der Waals surface area contributed by atoms with Gasteiger partial charge in [-0.15, -0.1) is 34.2 Å². The molecule has 0 amide bonds. The first-order valence-corrected chi connectivity index (χ1v) is 11.0. The van der Waals surface area contributed by atoms with Crippen LogP contribution < -0.4 is 10.6 Å². The van der Waals surface area contributed by atoms with Gasteiger partial charge in [-0.25, -0.2) is 4.99 Å². The molecule has 8 heteroatoms. The van der Waals surface area contributed by atoms with Gasteiger partial charge in [-0.05, 0) is 38.2 Å². The zero-order valence-electron chi connectivity index (χ0n) is 17.9. The summed E-state index contributed by atoms with van der Waals surface area (Å²) in [5.74, 6) is 2.99. The topological polar surface area (TPSA) is 70.4 Å². The highest BCUT2D eigenvalue weighted by atomic mass is 127. The van der Waals surface area contributed by atoms with Gasteiger partial charge in [0.05, 0.1) is 0 Å². The van der Waals surface area contributed by atoms with Crippen molar-refractivity contribution in [2.24, 2.45) is 4.99 Å². The minimum atomic E-state index is 0. The molecule has 30 heavy (non-hydrogen) atoms. The van der Waals surface area contributed by atoms with Crippen molar-refractivity contribution in [3.05, 3.63) is 47.5 Å². The molecule has 2 N–H and O–H groups in total. The van der Waals surface area contributed by atoms with E-state index in [9.17, 15) is 0 Å². The van der Waals surface area contributed by atoms with Crippen LogP contribution in [-0.2, 0) is 26.1 Å². The van der Waals surface area contributed by atoms with Crippen LogP contribution in [0.4, 0.5) is 0 Å². The van der Waals surface area contributed by atoms with Crippen LogP contribution in [0.5, 0.6) is 0 Å². The van der Waals surface area contributed by atoms with Crippen molar-refractivity contribution >= 4 is 29.9 Å². The van der Waals surface area contributed by atoms with Crippen LogP contribution in [0, 0.1) is 0 Å². The number of nitrogens with one attached hydrogen (secondary N) is 2. The fraction of sp³-hybridized carbons (Fsp3) is 0.591. The lowest BCUT2D eigenvalue weighted by molar-refractivity contribution is 0.198. The normalized spacial score (nSPS) is 17.8. The number of guanidine groups is 1. The highest BCUT2D eigenvalue weighted by Crippen LogP contribution is 2.15. The monoisotopic (exact) mass is 523 g/mol. The molecular weight excluding hydrogens is 489 g/mol. The number of hydrogen-bond donors (Lipinski definition) is 2. The summed E-state index contributed by atoms with van der Waals surface area (Å²) in [5, 5.41) is 15.7. The lowest BCUT2D eigenvalue weighted by atomic mass is 10.0. The molecule has 2 aliphatic heterocycles. The van der Waals surface area contributed by atoms with E-state index >= 15 is 0 Å². The van der Waals surface area contributed by atoms with Crippen molar-refractivity contribution in [2.45, 2.75) is 64.7 Å². The SMILES string of the molecule is CCNC(=NCc1nnc2n1CCCC2)NC1CCN(Cc2ccccc2)CC1.I. The molecule has 1 fully saturated rings. The fourth-order valence-electron chi connectivity index (χ4n) is 4.23. The summed E-state index contributed by atoms with van der Waals surface area (Å²) >= 11 is 0. The number of benzene rings is 1. The van der Waals surface area contributed by atoms with E-state index in [-0.39, 0.29) is 24.0 Å². The molecule has 2 aromatic rings. The average molecular weight is 523 g/mol. The first-order chi connectivity index (χ1) is 14.3. The molecule has 1 aromatic carbocycles. The van der Waals surface area contributed by atoms with Gasteiger partial charge in [0.2, 0.25) is 0 Å². The second-order valence-electron chi connectivity index (χ2n) is 8.02. The Balaban J connectivity index is 0.00000256. The maximum absolute atomic E-state index is 4.80. The lowest BCUT2D eigenvalue weighted by Crippen LogP contribution is -2.48. The number of piperidine rings is 1. The third kappa shape index (κ3) is 6.16. The third-order valence-corrected chi connectivity index (χ3v) is 5.84. The standard InChI is InChI=1S/C22H33N7.HI/c1-2-23-22(24-16-21-27-26-20-10-6-7-13-29(20)21)25-19-11-14-28(15-12-19)17-18-8-4-3-5-9-18;/h3-5,8-9,19H,2,6-7,10-17H2,1H3,(H2,23,24,25);1H. The Labute approximate surface area is 196 Å². The number of nitrogens with zero attached hydrogens (tertiary/aromatic N) is 5. The van der Waals surface area contributed by atoms with Gasteiger partial charge in [0.15, 0.2) is 11.8 Å². The van der Waals surface area contributed by atoms with E-state index in [4.69, 9.17) is 4.99 Å². The first kappa shape index (κ1) is 23.0. The average Bonchev–Trinajstić information content (AvgIpc) is 3.17. The minimum Gasteiger partial charge on any atom is -0.357 e. The summed E-state index contributed by atoms with van der Waals surface area (Å²) in [6.07, 6.45) is 5.74. The molecule has 1 aromatic heterocycles. The predicted octanol–water partition coefficient (Wildman–Crippen LogP) is 2.95. The van der Waals surface area contributed by atoms with E-state index in [2.05, 4.69) is 67.6 Å². The predicted molar refractivity (Wildman–Crippen MR) is 131 cm³/mol. The molecule has 0 unspecified atom stereocenters. The van der Waals surface area contributed by atoms with Crippen LogP contribution in [0.2, 0.25) is 0 Å². The number of fused-ring (bicyclic) bond motifs is 1. The maximum Gasteiger partial charge on any atom is 0.191 e. The van der Waals surface area contributed by atoms with Gasteiger partial charge >= 0.3 is 0 Å². The number of rotatable bonds is 6. The fourth-order valence-corrected chi connectivity index (χ4v) is 4.23. The molecule has 0 atom stereocenters. The van der Waals surface area contributed by atoms with Crippen LogP contribution >= 0.6 is 24.0 Å². The molecule has 7 nitrogen and oxygen atoms in total. The van der Waals surface area contributed by atoms with Gasteiger partial charge in [0.1, 0.15) is 12.4 Å². The number of likely N-dealkylation sites (tertiary alicyclic amines) is 1. The largest absolute Gasteiger partial charge is 0.357 e. The molecule has 1 saturated heterocycles. The number of aliphatic imine (C=N–C) groups is 1. The quantitative estimate of drug-likeness (QED) is 0.346. The number of halogens is 1. The molecule has 3 heterocycles. The van der Waals surface area contributed by atoms with Crippen molar-refractivity contribution in [1.82, 2.24) is 30.3 Å². The number of aromatic nitrogens is 3. The van der Waals surface area contributed by atoms with Gasteiger partial charge in [-0.1, -0.05) is 30.3 Å². The van der Waals surface area contributed by atoms with Crippen molar-refractivity contribution in [3.63, 3.8) is 0 Å². The van der Waals surface area contributed by atoms with Crippen molar-refractivity contribution in [3.8, 4) is 0 Å². The first-order valence-electron chi connectivity index (χ1n) is 11.0. The van der Waals surface area contributed by atoms with Crippen molar-refractivity contribution < 1.29 is 0 Å². The van der Waals surface area contributed by atoms with Gasteiger partial charge in [0.25, 0.3) is 0 Å². The van der Waals surface area contributed by atoms with E-state index in [1.54, 1.807) is 0 Å². The molecule has 164 valence electrons. The maximum atomic E-state index is 4.80. The van der Waals surface area contributed by atoms with Gasteiger partial charge in [-0.3, -0.25) is 4.90 Å². The van der Waals surface area contributed by atoms with Crippen LogP contribution in [0.3, 0.4) is 0 Å². The van der Waals surface area contributed by atoms with E-state index in [0.717, 1.165) is 69.6 Å². The number of hydrogen-bond acceptors (Lipinski definition) is 4. The Morgan fingerprint density at radius 1 is 1.10 bits per heavy atom. The Hall–Kier alpha value is -1.68. The van der Waals surface area contributed by atoms with Crippen LogP contribution in [0.1, 0.15) is 49.8 Å². The summed E-state index contributed by atoms with van der Waals surface area (Å²) in [6.45, 7) is 7.84. The Morgan fingerprint density at radius 2 is 1.90 bits per heavy atom. The molecule has 2 aliphatic rings. The Kier molecular flexibility index (Phi) is 8.92. The van der Waals surface area contributed by atoms with Crippen LogP contribution in [-0.4, -0.2) is 51.3 Å². The van der Waals surface area contributed by atoms with E-state index in [1.165, 1.54) is 18.4 Å². The van der Waals surface area contributed by atoms with Crippen molar-refractivity contribution in [2.75, 3.05) is 19.6 Å².